The molecule has 1 unspecified atom stereocenters. The Kier molecular flexibility index (Phi) is 7.69. The molecular weight excluding hydrogens is 314 g/mol. The van der Waals surface area contributed by atoms with Crippen LogP contribution in [-0.2, 0) is 4.79 Å². The number of amides is 1. The Morgan fingerprint density at radius 2 is 2.08 bits per heavy atom. The van der Waals surface area contributed by atoms with Gasteiger partial charge < -0.3 is 15.3 Å². The number of carbonyl (C=O) groups excluding carboxylic acids is 1. The Bertz CT molecular complexity index is 522. The minimum Gasteiger partial charge on any atom is -0.396 e. The van der Waals surface area contributed by atoms with E-state index in [0.717, 1.165) is 50.2 Å². The Morgan fingerprint density at radius 1 is 1.36 bits per heavy atom. The van der Waals surface area contributed by atoms with Crippen LogP contribution < -0.4 is 10.2 Å². The molecule has 1 saturated heterocycles. The maximum Gasteiger partial charge on any atom is 0.223 e. The molecule has 0 radical (unpaired) electrons. The van der Waals surface area contributed by atoms with Crippen molar-refractivity contribution in [3.05, 3.63) is 23.9 Å². The van der Waals surface area contributed by atoms with E-state index in [1.54, 1.807) is 0 Å². The summed E-state index contributed by atoms with van der Waals surface area (Å²) in [5.41, 5.74) is 1.16. The maximum absolute atomic E-state index is 12.5. The summed E-state index contributed by atoms with van der Waals surface area (Å²) in [5, 5.41) is 12.3. The summed E-state index contributed by atoms with van der Waals surface area (Å²) < 4.78 is 0. The number of nitrogens with zero attached hydrogens (tertiary/aromatic N) is 2. The Labute approximate surface area is 151 Å². The number of hydrogen-bond acceptors (Lipinski definition) is 4. The Hall–Kier alpha value is -1.62. The molecule has 1 aromatic rings. The van der Waals surface area contributed by atoms with Gasteiger partial charge in [0.15, 0.2) is 0 Å². The fourth-order valence-electron chi connectivity index (χ4n) is 3.56. The van der Waals surface area contributed by atoms with Crippen LogP contribution in [0.4, 0.5) is 5.82 Å². The second-order valence-electron chi connectivity index (χ2n) is 7.71. The van der Waals surface area contributed by atoms with Gasteiger partial charge in [-0.1, -0.05) is 19.9 Å². The molecule has 1 atom stereocenters. The van der Waals surface area contributed by atoms with Crippen molar-refractivity contribution in [2.24, 2.45) is 17.8 Å². The van der Waals surface area contributed by atoms with Crippen molar-refractivity contribution in [2.45, 2.75) is 46.5 Å². The largest absolute Gasteiger partial charge is 0.396 e. The molecule has 140 valence electrons. The van der Waals surface area contributed by atoms with Gasteiger partial charge in [-0.2, -0.15) is 0 Å². The zero-order valence-electron chi connectivity index (χ0n) is 15.9. The first-order valence-corrected chi connectivity index (χ1v) is 9.55. The molecule has 2 N–H and O–H groups in total. The number of aliphatic hydroxyl groups is 1. The van der Waals surface area contributed by atoms with Gasteiger partial charge in [0.1, 0.15) is 5.82 Å². The maximum atomic E-state index is 12.5. The molecule has 0 spiro atoms. The fourth-order valence-corrected chi connectivity index (χ4v) is 3.56. The lowest BCUT2D eigenvalue weighted by molar-refractivity contribution is -0.125. The summed E-state index contributed by atoms with van der Waals surface area (Å²) in [6.07, 6.45) is 5.44. The number of aliphatic hydroxyl groups excluding tert-OH is 1. The third-order valence-corrected chi connectivity index (χ3v) is 4.99. The van der Waals surface area contributed by atoms with Crippen molar-refractivity contribution in [2.75, 3.05) is 31.1 Å². The molecule has 0 saturated carbocycles. The predicted octanol–water partition coefficient (Wildman–Crippen LogP) is 2.77. The van der Waals surface area contributed by atoms with Gasteiger partial charge in [-0.25, -0.2) is 4.98 Å². The first-order valence-electron chi connectivity index (χ1n) is 9.55. The van der Waals surface area contributed by atoms with Crippen molar-refractivity contribution in [3.8, 4) is 0 Å². The quantitative estimate of drug-likeness (QED) is 0.759. The number of piperidine rings is 1. The van der Waals surface area contributed by atoms with Gasteiger partial charge in [-0.3, -0.25) is 4.79 Å². The number of anilines is 1. The van der Waals surface area contributed by atoms with Crippen LogP contribution >= 0.6 is 0 Å². The van der Waals surface area contributed by atoms with Crippen molar-refractivity contribution in [1.29, 1.82) is 0 Å². The number of rotatable bonds is 8. The van der Waals surface area contributed by atoms with Crippen LogP contribution in [0.2, 0.25) is 0 Å². The SMILES string of the molecule is Cc1ccc(N2CCC(C(=O)NCC(CCO)CC(C)C)CC2)nc1. The average Bonchev–Trinajstić information content (AvgIpc) is 2.60. The molecule has 0 aliphatic carbocycles. The minimum absolute atomic E-state index is 0.0931. The molecule has 25 heavy (non-hydrogen) atoms. The molecule has 1 aliphatic rings. The number of aryl methyl sites for hydroxylation is 1. The summed E-state index contributed by atoms with van der Waals surface area (Å²) in [6, 6.07) is 4.14. The number of pyridine rings is 1. The lowest BCUT2D eigenvalue weighted by atomic mass is 9.93. The molecule has 1 amide bonds. The van der Waals surface area contributed by atoms with E-state index in [9.17, 15) is 9.90 Å². The van der Waals surface area contributed by atoms with Crippen LogP contribution in [0.15, 0.2) is 18.3 Å². The van der Waals surface area contributed by atoms with Crippen molar-refractivity contribution in [3.63, 3.8) is 0 Å². The van der Waals surface area contributed by atoms with Gasteiger partial charge >= 0.3 is 0 Å². The molecule has 2 heterocycles. The van der Waals surface area contributed by atoms with Crippen LogP contribution in [0.3, 0.4) is 0 Å². The lowest BCUT2D eigenvalue weighted by Crippen LogP contribution is -2.42. The second kappa shape index (κ2) is 9.76. The molecule has 2 rings (SSSR count). The number of hydrogen-bond donors (Lipinski definition) is 2. The van der Waals surface area contributed by atoms with E-state index in [-0.39, 0.29) is 18.4 Å². The van der Waals surface area contributed by atoms with E-state index in [0.29, 0.717) is 18.4 Å². The monoisotopic (exact) mass is 347 g/mol. The third-order valence-electron chi connectivity index (χ3n) is 4.99. The number of aromatic nitrogens is 1. The summed E-state index contributed by atoms with van der Waals surface area (Å²) in [6.45, 7) is 9.02. The molecular formula is C20H33N3O2. The zero-order chi connectivity index (χ0) is 18.2. The highest BCUT2D eigenvalue weighted by molar-refractivity contribution is 5.79. The zero-order valence-corrected chi connectivity index (χ0v) is 15.9. The van der Waals surface area contributed by atoms with Gasteiger partial charge in [-0.15, -0.1) is 0 Å². The van der Waals surface area contributed by atoms with Crippen molar-refractivity contribution < 1.29 is 9.90 Å². The molecule has 1 aromatic heterocycles. The average molecular weight is 348 g/mol. The van der Waals surface area contributed by atoms with Crippen molar-refractivity contribution >= 4 is 11.7 Å². The van der Waals surface area contributed by atoms with Crippen LogP contribution in [-0.4, -0.2) is 42.2 Å². The molecule has 1 aliphatic heterocycles. The third kappa shape index (κ3) is 6.31. The van der Waals surface area contributed by atoms with Gasteiger partial charge in [-0.05, 0) is 56.1 Å². The smallest absolute Gasteiger partial charge is 0.223 e. The standard InChI is InChI=1S/C20H33N3O2/c1-15(2)12-17(8-11-24)14-22-20(25)18-6-9-23(10-7-18)19-5-4-16(3)13-21-19/h4-5,13,15,17-18,24H,6-12,14H2,1-3H3,(H,22,25). The summed E-state index contributed by atoms with van der Waals surface area (Å²) >= 11 is 0. The molecule has 5 nitrogen and oxygen atoms in total. The lowest BCUT2D eigenvalue weighted by Gasteiger charge is -2.32. The van der Waals surface area contributed by atoms with Gasteiger partial charge in [0.25, 0.3) is 0 Å². The van der Waals surface area contributed by atoms with Crippen molar-refractivity contribution in [1.82, 2.24) is 10.3 Å². The summed E-state index contributed by atoms with van der Waals surface area (Å²) in [7, 11) is 0. The van der Waals surface area contributed by atoms with Crippen LogP contribution in [0.5, 0.6) is 0 Å². The van der Waals surface area contributed by atoms with E-state index in [2.05, 4.69) is 41.2 Å². The van der Waals surface area contributed by atoms with Gasteiger partial charge in [0, 0.05) is 38.4 Å². The van der Waals surface area contributed by atoms with E-state index in [4.69, 9.17) is 0 Å². The van der Waals surface area contributed by atoms with E-state index < -0.39 is 0 Å². The fraction of sp³-hybridized carbons (Fsp3) is 0.700. The Balaban J connectivity index is 1.77. The molecule has 1 fully saturated rings. The van der Waals surface area contributed by atoms with Crippen LogP contribution in [0.1, 0.15) is 45.1 Å². The van der Waals surface area contributed by atoms with Crippen LogP contribution in [0.25, 0.3) is 0 Å². The normalized spacial score (nSPS) is 16.9. The predicted molar refractivity (Wildman–Crippen MR) is 102 cm³/mol. The second-order valence-corrected chi connectivity index (χ2v) is 7.71. The highest BCUT2D eigenvalue weighted by Gasteiger charge is 2.26. The molecule has 0 aromatic carbocycles. The first-order chi connectivity index (χ1) is 12.0. The highest BCUT2D eigenvalue weighted by atomic mass is 16.3. The van der Waals surface area contributed by atoms with E-state index >= 15 is 0 Å². The summed E-state index contributed by atoms with van der Waals surface area (Å²) in [4.78, 5) is 19.2. The molecule has 0 bridgehead atoms. The van der Waals surface area contributed by atoms with Crippen LogP contribution in [0, 0.1) is 24.7 Å². The van der Waals surface area contributed by atoms with E-state index in [1.807, 2.05) is 13.1 Å². The van der Waals surface area contributed by atoms with E-state index in [1.165, 1.54) is 0 Å². The first kappa shape index (κ1) is 19.7. The molecule has 5 heteroatoms. The number of nitrogens with one attached hydrogen (secondary N) is 1. The van der Waals surface area contributed by atoms with Gasteiger partial charge in [0.2, 0.25) is 5.91 Å². The number of carbonyl (C=O) groups is 1. The van der Waals surface area contributed by atoms with Gasteiger partial charge in [0.05, 0.1) is 0 Å². The highest BCUT2D eigenvalue weighted by Crippen LogP contribution is 2.22. The topological polar surface area (TPSA) is 65.5 Å². The Morgan fingerprint density at radius 3 is 2.64 bits per heavy atom. The summed E-state index contributed by atoms with van der Waals surface area (Å²) in [5.74, 6) is 2.22. The minimum atomic E-state index is 0.0931.